The standard InChI is InChI=1S/C20H23N3O3S/c1-4-14(2)23(20(24)17-9-6-12-27-17)11-10-18-21-19(22-26-18)15-7-5-8-16(13-15)25-3/h5-9,12-14H,4,10-11H2,1-3H3/t14-/m0/s1. The number of hydrogen-bond acceptors (Lipinski definition) is 6. The molecule has 27 heavy (non-hydrogen) atoms. The average Bonchev–Trinajstić information content (AvgIpc) is 3.40. The zero-order chi connectivity index (χ0) is 19.2. The van der Waals surface area contributed by atoms with Crippen LogP contribution < -0.4 is 4.74 Å². The first-order chi connectivity index (χ1) is 13.1. The molecule has 0 aliphatic carbocycles. The zero-order valence-corrected chi connectivity index (χ0v) is 16.5. The molecule has 0 aliphatic heterocycles. The molecule has 0 spiro atoms. The van der Waals surface area contributed by atoms with Crippen molar-refractivity contribution in [2.24, 2.45) is 0 Å². The van der Waals surface area contributed by atoms with E-state index in [1.165, 1.54) is 11.3 Å². The van der Waals surface area contributed by atoms with Crippen molar-refractivity contribution in [1.82, 2.24) is 15.0 Å². The largest absolute Gasteiger partial charge is 0.497 e. The molecule has 6 nitrogen and oxygen atoms in total. The van der Waals surface area contributed by atoms with Crippen LogP contribution in [0.25, 0.3) is 11.4 Å². The van der Waals surface area contributed by atoms with Gasteiger partial charge in [-0.25, -0.2) is 0 Å². The van der Waals surface area contributed by atoms with Crippen LogP contribution in [0.5, 0.6) is 5.75 Å². The summed E-state index contributed by atoms with van der Waals surface area (Å²) >= 11 is 1.46. The van der Waals surface area contributed by atoms with Crippen molar-refractivity contribution < 1.29 is 14.1 Å². The van der Waals surface area contributed by atoms with Crippen LogP contribution >= 0.6 is 11.3 Å². The highest BCUT2D eigenvalue weighted by Gasteiger charge is 2.22. The number of amides is 1. The van der Waals surface area contributed by atoms with E-state index < -0.39 is 0 Å². The van der Waals surface area contributed by atoms with Gasteiger partial charge >= 0.3 is 0 Å². The maximum Gasteiger partial charge on any atom is 0.264 e. The Bertz CT molecular complexity index is 876. The van der Waals surface area contributed by atoms with Crippen LogP contribution in [0.1, 0.15) is 35.8 Å². The van der Waals surface area contributed by atoms with Crippen molar-refractivity contribution in [2.45, 2.75) is 32.7 Å². The zero-order valence-electron chi connectivity index (χ0n) is 15.7. The molecule has 2 aromatic heterocycles. The Morgan fingerprint density at radius 2 is 2.19 bits per heavy atom. The Kier molecular flexibility index (Phi) is 6.24. The Labute approximate surface area is 162 Å². The summed E-state index contributed by atoms with van der Waals surface area (Å²) in [5, 5.41) is 5.97. The molecule has 7 heteroatoms. The first-order valence-electron chi connectivity index (χ1n) is 8.93. The van der Waals surface area contributed by atoms with Crippen LogP contribution in [0.3, 0.4) is 0 Å². The van der Waals surface area contributed by atoms with Gasteiger partial charge in [0.05, 0.1) is 12.0 Å². The number of ether oxygens (including phenoxy) is 1. The van der Waals surface area contributed by atoms with Crippen molar-refractivity contribution in [3.63, 3.8) is 0 Å². The quantitative estimate of drug-likeness (QED) is 0.579. The first kappa shape index (κ1) is 19.1. The summed E-state index contributed by atoms with van der Waals surface area (Å²) in [4.78, 5) is 19.9. The van der Waals surface area contributed by atoms with Gasteiger partial charge < -0.3 is 14.2 Å². The lowest BCUT2D eigenvalue weighted by Crippen LogP contribution is -2.39. The topological polar surface area (TPSA) is 68.5 Å². The molecule has 0 radical (unpaired) electrons. The smallest absolute Gasteiger partial charge is 0.264 e. The van der Waals surface area contributed by atoms with E-state index in [1.54, 1.807) is 7.11 Å². The van der Waals surface area contributed by atoms with E-state index in [-0.39, 0.29) is 11.9 Å². The maximum atomic E-state index is 12.8. The highest BCUT2D eigenvalue weighted by Crippen LogP contribution is 2.22. The molecule has 0 saturated carbocycles. The van der Waals surface area contributed by atoms with Gasteiger partial charge in [0, 0.05) is 24.6 Å². The Morgan fingerprint density at radius 1 is 1.33 bits per heavy atom. The van der Waals surface area contributed by atoms with Gasteiger partial charge in [-0.2, -0.15) is 4.98 Å². The predicted octanol–water partition coefficient (Wildman–Crippen LogP) is 4.29. The monoisotopic (exact) mass is 385 g/mol. The molecule has 0 fully saturated rings. The fourth-order valence-corrected chi connectivity index (χ4v) is 3.42. The lowest BCUT2D eigenvalue weighted by molar-refractivity contribution is 0.0691. The lowest BCUT2D eigenvalue weighted by Gasteiger charge is -2.27. The predicted molar refractivity (Wildman–Crippen MR) is 105 cm³/mol. The molecule has 3 aromatic rings. The van der Waals surface area contributed by atoms with Crippen LogP contribution in [0.2, 0.25) is 0 Å². The Balaban J connectivity index is 1.70. The summed E-state index contributed by atoms with van der Waals surface area (Å²) < 4.78 is 10.6. The number of hydrogen-bond donors (Lipinski definition) is 0. The second-order valence-electron chi connectivity index (χ2n) is 6.23. The van der Waals surface area contributed by atoms with Crippen molar-refractivity contribution in [2.75, 3.05) is 13.7 Å². The van der Waals surface area contributed by atoms with E-state index in [4.69, 9.17) is 9.26 Å². The van der Waals surface area contributed by atoms with Gasteiger partial charge in [0.15, 0.2) is 0 Å². The van der Waals surface area contributed by atoms with Crippen LogP contribution in [0.15, 0.2) is 46.3 Å². The number of rotatable bonds is 8. The van der Waals surface area contributed by atoms with E-state index in [1.807, 2.05) is 46.7 Å². The number of thiophene rings is 1. The molecule has 142 valence electrons. The summed E-state index contributed by atoms with van der Waals surface area (Å²) in [7, 11) is 1.62. The molecule has 0 unspecified atom stereocenters. The number of carbonyl (C=O) groups is 1. The highest BCUT2D eigenvalue weighted by molar-refractivity contribution is 7.12. The van der Waals surface area contributed by atoms with Crippen molar-refractivity contribution in [3.05, 3.63) is 52.5 Å². The summed E-state index contributed by atoms with van der Waals surface area (Å²) in [6.45, 7) is 4.67. The molecule has 0 aliphatic rings. The molecule has 2 heterocycles. The minimum Gasteiger partial charge on any atom is -0.497 e. The van der Waals surface area contributed by atoms with Crippen molar-refractivity contribution in [1.29, 1.82) is 0 Å². The second-order valence-corrected chi connectivity index (χ2v) is 7.17. The molecule has 1 atom stereocenters. The van der Waals surface area contributed by atoms with Gasteiger partial charge in [-0.3, -0.25) is 4.79 Å². The molecular formula is C20H23N3O3S. The van der Waals surface area contributed by atoms with E-state index >= 15 is 0 Å². The van der Waals surface area contributed by atoms with Crippen LogP contribution in [0, 0.1) is 0 Å². The van der Waals surface area contributed by atoms with Gasteiger partial charge in [-0.05, 0) is 36.9 Å². The SMILES string of the molecule is CC[C@H](C)N(CCc1nc(-c2cccc(OC)c2)no1)C(=O)c1cccs1. The molecule has 1 amide bonds. The van der Waals surface area contributed by atoms with Crippen molar-refractivity contribution in [3.8, 4) is 17.1 Å². The number of benzene rings is 1. The van der Waals surface area contributed by atoms with E-state index in [0.29, 0.717) is 24.7 Å². The van der Waals surface area contributed by atoms with Gasteiger partial charge in [0.1, 0.15) is 5.75 Å². The minimum absolute atomic E-state index is 0.0480. The third-order valence-corrected chi connectivity index (χ3v) is 5.34. The normalized spacial score (nSPS) is 12.0. The number of carbonyl (C=O) groups excluding carboxylic acids is 1. The van der Waals surface area contributed by atoms with Gasteiger partial charge in [0.25, 0.3) is 5.91 Å². The molecule has 0 bridgehead atoms. The van der Waals surface area contributed by atoms with E-state index in [0.717, 1.165) is 22.6 Å². The Morgan fingerprint density at radius 3 is 2.89 bits per heavy atom. The fourth-order valence-electron chi connectivity index (χ4n) is 2.74. The summed E-state index contributed by atoms with van der Waals surface area (Å²) in [6.07, 6.45) is 1.40. The van der Waals surface area contributed by atoms with Gasteiger partial charge in [-0.15, -0.1) is 11.3 Å². The summed E-state index contributed by atoms with van der Waals surface area (Å²) in [6, 6.07) is 11.4. The fraction of sp³-hybridized carbons (Fsp3) is 0.350. The lowest BCUT2D eigenvalue weighted by atomic mass is 10.2. The minimum atomic E-state index is 0.0480. The van der Waals surface area contributed by atoms with Gasteiger partial charge in [-0.1, -0.05) is 30.3 Å². The van der Waals surface area contributed by atoms with Crippen LogP contribution in [0.4, 0.5) is 0 Å². The highest BCUT2D eigenvalue weighted by atomic mass is 32.1. The van der Waals surface area contributed by atoms with Gasteiger partial charge in [0.2, 0.25) is 11.7 Å². The molecule has 1 aromatic carbocycles. The number of methoxy groups -OCH3 is 1. The summed E-state index contributed by atoms with van der Waals surface area (Å²) in [5.41, 5.74) is 0.831. The second kappa shape index (κ2) is 8.81. The first-order valence-corrected chi connectivity index (χ1v) is 9.81. The molecule has 0 saturated heterocycles. The molecular weight excluding hydrogens is 362 g/mol. The van der Waals surface area contributed by atoms with E-state index in [2.05, 4.69) is 24.0 Å². The third-order valence-electron chi connectivity index (χ3n) is 4.48. The summed E-state index contributed by atoms with van der Waals surface area (Å²) in [5.74, 6) is 1.82. The van der Waals surface area contributed by atoms with Crippen LogP contribution in [-0.2, 0) is 6.42 Å². The van der Waals surface area contributed by atoms with E-state index in [9.17, 15) is 4.79 Å². The Hall–Kier alpha value is -2.67. The molecule has 3 rings (SSSR count). The third kappa shape index (κ3) is 4.54. The average molecular weight is 385 g/mol. The number of nitrogens with zero attached hydrogens (tertiary/aromatic N) is 3. The van der Waals surface area contributed by atoms with Crippen LogP contribution in [-0.4, -0.2) is 40.6 Å². The molecule has 0 N–H and O–H groups in total. The van der Waals surface area contributed by atoms with Crippen molar-refractivity contribution >= 4 is 17.2 Å². The maximum absolute atomic E-state index is 12.8. The number of aromatic nitrogens is 2.